The molecule has 1 N–H and O–H groups in total. The molecule has 0 saturated carbocycles. The molecule has 0 fully saturated rings. The van der Waals surface area contributed by atoms with Crippen molar-refractivity contribution in [3.8, 4) is 0 Å². The van der Waals surface area contributed by atoms with Crippen molar-refractivity contribution in [2.45, 2.75) is 18.4 Å². The summed E-state index contributed by atoms with van der Waals surface area (Å²) in [5.74, 6) is 0. The van der Waals surface area contributed by atoms with Gasteiger partial charge in [0.25, 0.3) is 0 Å². The molecule has 0 spiro atoms. The van der Waals surface area contributed by atoms with Gasteiger partial charge in [-0.25, -0.2) is 8.42 Å². The number of hydrogen-bond donors (Lipinski definition) is 1. The number of rotatable bonds is 4. The smallest absolute Gasteiger partial charge is 0.177 e. The van der Waals surface area contributed by atoms with Crippen LogP contribution in [-0.2, 0) is 16.4 Å². The molecule has 0 aliphatic heterocycles. The highest BCUT2D eigenvalue weighted by atomic mass is 35.5. The highest BCUT2D eigenvalue weighted by Crippen LogP contribution is 2.22. The van der Waals surface area contributed by atoms with Crippen LogP contribution in [0.25, 0.3) is 0 Å². The fourth-order valence-electron chi connectivity index (χ4n) is 1.88. The topological polar surface area (TPSA) is 46.2 Å². The van der Waals surface area contributed by atoms with Crippen LogP contribution in [0.4, 0.5) is 5.69 Å². The molecule has 0 bridgehead atoms. The summed E-state index contributed by atoms with van der Waals surface area (Å²) in [6, 6.07) is 12.7. The predicted octanol–water partition coefficient (Wildman–Crippen LogP) is 3.66. The maximum atomic E-state index is 11.7. The van der Waals surface area contributed by atoms with Gasteiger partial charge in [-0.1, -0.05) is 35.9 Å². The average molecular weight is 310 g/mol. The van der Waals surface area contributed by atoms with Gasteiger partial charge in [0.05, 0.1) is 10.6 Å². The first-order chi connectivity index (χ1) is 9.38. The predicted molar refractivity (Wildman–Crippen MR) is 83.1 cm³/mol. The molecule has 0 aromatic heterocycles. The van der Waals surface area contributed by atoms with E-state index in [-0.39, 0.29) is 0 Å². The van der Waals surface area contributed by atoms with E-state index in [1.54, 1.807) is 24.3 Å². The van der Waals surface area contributed by atoms with Crippen LogP contribution < -0.4 is 5.32 Å². The molecule has 0 aliphatic carbocycles. The van der Waals surface area contributed by atoms with Gasteiger partial charge in [0.15, 0.2) is 9.84 Å². The lowest BCUT2D eigenvalue weighted by atomic mass is 10.1. The maximum Gasteiger partial charge on any atom is 0.177 e. The Labute approximate surface area is 124 Å². The molecule has 2 rings (SSSR count). The highest BCUT2D eigenvalue weighted by Gasteiger charge is 2.12. The number of sulfone groups is 1. The second kappa shape index (κ2) is 5.85. The average Bonchev–Trinajstić information content (AvgIpc) is 2.39. The Kier molecular flexibility index (Phi) is 4.35. The van der Waals surface area contributed by atoms with Gasteiger partial charge >= 0.3 is 0 Å². The summed E-state index contributed by atoms with van der Waals surface area (Å²) < 4.78 is 23.4. The molecule has 20 heavy (non-hydrogen) atoms. The van der Waals surface area contributed by atoms with Crippen LogP contribution in [0.2, 0.25) is 5.02 Å². The summed E-state index contributed by atoms with van der Waals surface area (Å²) in [5.41, 5.74) is 2.63. The van der Waals surface area contributed by atoms with Crippen molar-refractivity contribution in [3.05, 3.63) is 58.6 Å². The quantitative estimate of drug-likeness (QED) is 0.937. The molecular weight excluding hydrogens is 294 g/mol. The van der Waals surface area contributed by atoms with E-state index in [1.807, 2.05) is 25.1 Å². The summed E-state index contributed by atoms with van der Waals surface area (Å²) in [6.45, 7) is 2.46. The summed E-state index contributed by atoms with van der Waals surface area (Å²) >= 11 is 6.08. The summed E-state index contributed by atoms with van der Waals surface area (Å²) in [4.78, 5) is 0.304. The molecule has 0 aliphatic rings. The van der Waals surface area contributed by atoms with Gasteiger partial charge in [-0.2, -0.15) is 0 Å². The molecule has 0 radical (unpaired) electrons. The van der Waals surface area contributed by atoms with E-state index in [2.05, 4.69) is 5.32 Å². The van der Waals surface area contributed by atoms with Gasteiger partial charge in [0, 0.05) is 17.8 Å². The molecule has 0 unspecified atom stereocenters. The molecule has 0 heterocycles. The highest BCUT2D eigenvalue weighted by molar-refractivity contribution is 7.90. The SMILES string of the molecule is Cc1ccc(CNc2ccccc2S(C)(=O)=O)cc1Cl. The molecule has 0 amide bonds. The standard InChI is InChI=1S/C15H16ClNO2S/c1-11-7-8-12(9-13(11)16)10-17-14-5-3-4-6-15(14)20(2,18)19/h3-9,17H,10H2,1-2H3. The fraction of sp³-hybridized carbons (Fsp3) is 0.200. The van der Waals surface area contributed by atoms with Crippen LogP contribution >= 0.6 is 11.6 Å². The lowest BCUT2D eigenvalue weighted by molar-refractivity contribution is 0.602. The van der Waals surface area contributed by atoms with Gasteiger partial charge in [-0.05, 0) is 36.2 Å². The van der Waals surface area contributed by atoms with Gasteiger partial charge < -0.3 is 5.32 Å². The monoisotopic (exact) mass is 309 g/mol. The number of para-hydroxylation sites is 1. The number of benzene rings is 2. The Balaban J connectivity index is 2.21. The number of halogens is 1. The van der Waals surface area contributed by atoms with Crippen LogP contribution in [0, 0.1) is 6.92 Å². The zero-order valence-corrected chi connectivity index (χ0v) is 12.9. The minimum Gasteiger partial charge on any atom is -0.380 e. The van der Waals surface area contributed by atoms with E-state index in [1.165, 1.54) is 6.26 Å². The van der Waals surface area contributed by atoms with E-state index in [4.69, 9.17) is 11.6 Å². The Hall–Kier alpha value is -1.52. The summed E-state index contributed by atoms with van der Waals surface area (Å²) in [6.07, 6.45) is 1.20. The van der Waals surface area contributed by atoms with Gasteiger partial charge in [-0.3, -0.25) is 0 Å². The lowest BCUT2D eigenvalue weighted by Gasteiger charge is -2.11. The molecule has 0 atom stereocenters. The van der Waals surface area contributed by atoms with Crippen molar-refractivity contribution in [1.29, 1.82) is 0 Å². The van der Waals surface area contributed by atoms with E-state index < -0.39 is 9.84 Å². The minimum absolute atomic E-state index is 0.304. The Bertz CT molecular complexity index is 726. The third kappa shape index (κ3) is 3.52. The van der Waals surface area contributed by atoms with E-state index >= 15 is 0 Å². The Morgan fingerprint density at radius 3 is 2.50 bits per heavy atom. The van der Waals surface area contributed by atoms with E-state index in [9.17, 15) is 8.42 Å². The first-order valence-corrected chi connectivity index (χ1v) is 8.43. The Morgan fingerprint density at radius 2 is 1.85 bits per heavy atom. The van der Waals surface area contributed by atoms with Crippen LogP contribution in [0.3, 0.4) is 0 Å². The molecule has 2 aromatic rings. The summed E-state index contributed by atoms with van der Waals surface area (Å²) in [5, 5.41) is 3.85. The molecule has 5 heteroatoms. The van der Waals surface area contributed by atoms with Crippen LogP contribution in [0.15, 0.2) is 47.4 Å². The number of aryl methyl sites for hydroxylation is 1. The van der Waals surface area contributed by atoms with Crippen molar-refractivity contribution < 1.29 is 8.42 Å². The molecule has 0 saturated heterocycles. The number of hydrogen-bond acceptors (Lipinski definition) is 3. The summed E-state index contributed by atoms with van der Waals surface area (Å²) in [7, 11) is -3.24. The van der Waals surface area contributed by atoms with Crippen LogP contribution in [0.1, 0.15) is 11.1 Å². The van der Waals surface area contributed by atoms with Crippen molar-refractivity contribution in [2.75, 3.05) is 11.6 Å². The van der Waals surface area contributed by atoms with Crippen molar-refractivity contribution >= 4 is 27.1 Å². The van der Waals surface area contributed by atoms with Crippen molar-refractivity contribution in [3.63, 3.8) is 0 Å². The second-order valence-electron chi connectivity index (χ2n) is 4.71. The largest absolute Gasteiger partial charge is 0.380 e. The fourth-order valence-corrected chi connectivity index (χ4v) is 2.95. The van der Waals surface area contributed by atoms with Gasteiger partial charge in [-0.15, -0.1) is 0 Å². The molecule has 2 aromatic carbocycles. The molecular formula is C15H16ClNO2S. The van der Waals surface area contributed by atoms with Crippen LogP contribution in [0.5, 0.6) is 0 Å². The first-order valence-electron chi connectivity index (χ1n) is 6.16. The zero-order valence-electron chi connectivity index (χ0n) is 11.4. The Morgan fingerprint density at radius 1 is 1.15 bits per heavy atom. The second-order valence-corrected chi connectivity index (χ2v) is 7.10. The van der Waals surface area contributed by atoms with E-state index in [0.29, 0.717) is 22.2 Å². The van der Waals surface area contributed by atoms with Crippen LogP contribution in [-0.4, -0.2) is 14.7 Å². The third-order valence-corrected chi connectivity index (χ3v) is 4.57. The van der Waals surface area contributed by atoms with Crippen molar-refractivity contribution in [1.82, 2.24) is 0 Å². The van der Waals surface area contributed by atoms with Crippen molar-refractivity contribution in [2.24, 2.45) is 0 Å². The normalized spacial score (nSPS) is 11.3. The van der Waals surface area contributed by atoms with E-state index in [0.717, 1.165) is 11.1 Å². The third-order valence-electron chi connectivity index (χ3n) is 3.01. The lowest BCUT2D eigenvalue weighted by Crippen LogP contribution is -2.06. The minimum atomic E-state index is -3.24. The zero-order chi connectivity index (χ0) is 14.8. The first kappa shape index (κ1) is 14.9. The number of anilines is 1. The molecule has 3 nitrogen and oxygen atoms in total. The maximum absolute atomic E-state index is 11.7. The number of nitrogens with one attached hydrogen (secondary N) is 1. The molecule has 106 valence electrons. The van der Waals surface area contributed by atoms with Gasteiger partial charge in [0.2, 0.25) is 0 Å². The van der Waals surface area contributed by atoms with Gasteiger partial charge in [0.1, 0.15) is 0 Å².